The van der Waals surface area contributed by atoms with Crippen LogP contribution in [-0.2, 0) is 60.4 Å². The first kappa shape index (κ1) is 133. The standard InChI is InChI=1S/2Ce.2Ni.5O/q2*+3;2*+2;5*-2. The van der Waals surface area contributed by atoms with Gasteiger partial charge in [0, 0.05) is 0 Å². The summed E-state index contributed by atoms with van der Waals surface area (Å²) in [7, 11) is 0. The molecule has 0 aromatic rings. The maximum absolute atomic E-state index is 0. The number of hydrogen-bond donors (Lipinski definition) is 0. The molecule has 0 aromatic heterocycles. The molecule has 0 spiro atoms. The molecular formula is Ce2Ni2O5. The minimum Gasteiger partial charge on any atom is -2.00 e. The average molecular weight is 478 g/mol. The summed E-state index contributed by atoms with van der Waals surface area (Å²) in [5.41, 5.74) is 0. The largest absolute Gasteiger partial charge is 3.00 e. The zero-order chi connectivity index (χ0) is 0. The monoisotopic (exact) mass is 476 g/mol. The summed E-state index contributed by atoms with van der Waals surface area (Å²) in [6.45, 7) is 0. The predicted octanol–water partition coefficient (Wildman–Crippen LogP) is -0.599. The molecule has 0 rings (SSSR count). The third-order valence-corrected chi connectivity index (χ3v) is 0. The molecule has 0 aliphatic rings. The van der Waals surface area contributed by atoms with Crippen LogP contribution in [0.1, 0.15) is 0 Å². The second kappa shape index (κ2) is 102. The van der Waals surface area contributed by atoms with E-state index in [2.05, 4.69) is 0 Å². The first-order valence-electron chi connectivity index (χ1n) is 0. The number of rotatable bonds is 0. The molecule has 0 bridgehead atoms. The minimum absolute atomic E-state index is 0. The number of hydrogen-bond acceptors (Lipinski definition) is 0. The Morgan fingerprint density at radius 2 is 0.333 bits per heavy atom. The van der Waals surface area contributed by atoms with Crippen LogP contribution in [0.3, 0.4) is 0 Å². The van der Waals surface area contributed by atoms with Crippen molar-refractivity contribution in [2.75, 3.05) is 0 Å². The molecular weight excluding hydrogens is 478 g/mol. The van der Waals surface area contributed by atoms with Gasteiger partial charge in [0.25, 0.3) is 0 Å². The molecule has 9 heteroatoms. The van der Waals surface area contributed by atoms with Crippen LogP contribution in [0.5, 0.6) is 0 Å². The average Bonchev–Trinajstić information content (AvgIpc) is 0. The molecule has 9 heavy (non-hydrogen) atoms. The van der Waals surface area contributed by atoms with Crippen LogP contribution >= 0.6 is 0 Å². The molecule has 58 valence electrons. The SMILES string of the molecule is [Ce+3].[Ce+3].[Ni+2].[Ni+2].[O-2].[O-2].[O-2].[O-2].[O-2]. The van der Waals surface area contributed by atoms with E-state index in [0.29, 0.717) is 0 Å². The van der Waals surface area contributed by atoms with E-state index in [1.54, 1.807) is 0 Å². The fraction of sp³-hybridized carbons (Fsp3) is 0. The van der Waals surface area contributed by atoms with Crippen molar-refractivity contribution >= 4 is 0 Å². The second-order valence-corrected chi connectivity index (χ2v) is 0. The van der Waals surface area contributed by atoms with Crippen molar-refractivity contribution in [1.82, 2.24) is 0 Å². The van der Waals surface area contributed by atoms with Crippen molar-refractivity contribution in [2.24, 2.45) is 0 Å². The Bertz CT molecular complexity index is 12.9. The quantitative estimate of drug-likeness (QED) is 0.411. The maximum atomic E-state index is 0. The fourth-order valence-corrected chi connectivity index (χ4v) is 0. The summed E-state index contributed by atoms with van der Waals surface area (Å²) in [4.78, 5) is 0. The Morgan fingerprint density at radius 1 is 0.333 bits per heavy atom. The molecule has 0 saturated carbocycles. The van der Waals surface area contributed by atoms with Gasteiger partial charge in [-0.1, -0.05) is 0 Å². The summed E-state index contributed by atoms with van der Waals surface area (Å²) in [5, 5.41) is 0. The van der Waals surface area contributed by atoms with E-state index in [0.717, 1.165) is 0 Å². The second-order valence-electron chi connectivity index (χ2n) is 0. The van der Waals surface area contributed by atoms with Gasteiger partial charge in [0.15, 0.2) is 0 Å². The van der Waals surface area contributed by atoms with Crippen LogP contribution in [0.15, 0.2) is 0 Å². The Balaban J connectivity index is 0. The Labute approximate surface area is 141 Å². The smallest absolute Gasteiger partial charge is 2.00 e. The molecule has 0 atom stereocenters. The van der Waals surface area contributed by atoms with E-state index in [1.807, 2.05) is 0 Å². The molecule has 2 radical (unpaired) electrons. The Morgan fingerprint density at radius 3 is 0.333 bits per heavy atom. The van der Waals surface area contributed by atoms with E-state index >= 15 is 0 Å². The van der Waals surface area contributed by atoms with Crippen LogP contribution in [-0.4, -0.2) is 0 Å². The maximum Gasteiger partial charge on any atom is 3.00 e. The summed E-state index contributed by atoms with van der Waals surface area (Å²) in [6, 6.07) is 0. The van der Waals surface area contributed by atoms with Crippen LogP contribution in [0, 0.1) is 83.5 Å². The van der Waals surface area contributed by atoms with E-state index < -0.39 is 0 Å². The Hall–Kier alpha value is 3.54. The third kappa shape index (κ3) is 83.8. The van der Waals surface area contributed by atoms with Gasteiger partial charge in [-0.25, -0.2) is 0 Å². The zero-order valence-electron chi connectivity index (χ0n) is 3.67. The third-order valence-electron chi connectivity index (χ3n) is 0. The van der Waals surface area contributed by atoms with Gasteiger partial charge in [0.2, 0.25) is 0 Å². The first-order valence-corrected chi connectivity index (χ1v) is 0. The van der Waals surface area contributed by atoms with Gasteiger partial charge < -0.3 is 27.4 Å². The zero-order valence-corrected chi connectivity index (χ0v) is 11.9. The minimum atomic E-state index is 0. The van der Waals surface area contributed by atoms with Crippen molar-refractivity contribution < 1.29 is 144 Å². The van der Waals surface area contributed by atoms with Gasteiger partial charge in [-0.3, -0.25) is 0 Å². The molecule has 0 N–H and O–H groups in total. The first-order chi connectivity index (χ1) is 0. The van der Waals surface area contributed by atoms with Gasteiger partial charge in [-0.15, -0.1) is 0 Å². The molecule has 0 aromatic carbocycles. The van der Waals surface area contributed by atoms with Crippen LogP contribution in [0.4, 0.5) is 0 Å². The molecule has 5 nitrogen and oxygen atoms in total. The summed E-state index contributed by atoms with van der Waals surface area (Å²) in [5.74, 6) is 0. The van der Waals surface area contributed by atoms with Gasteiger partial charge in [0.05, 0.1) is 0 Å². The van der Waals surface area contributed by atoms with Crippen molar-refractivity contribution in [2.45, 2.75) is 0 Å². The Kier molecular flexibility index (Phi) is 1510. The molecule has 0 saturated heterocycles. The van der Waals surface area contributed by atoms with Crippen molar-refractivity contribution in [3.63, 3.8) is 0 Å². The summed E-state index contributed by atoms with van der Waals surface area (Å²) >= 11 is 0. The van der Waals surface area contributed by atoms with Gasteiger partial charge >= 0.3 is 116 Å². The predicted molar refractivity (Wildman–Crippen MR) is 3.43 cm³/mol. The van der Waals surface area contributed by atoms with E-state index in [-0.39, 0.29) is 144 Å². The topological polar surface area (TPSA) is 142 Å². The molecule has 0 unspecified atom stereocenters. The van der Waals surface area contributed by atoms with Crippen molar-refractivity contribution in [1.29, 1.82) is 0 Å². The van der Waals surface area contributed by atoms with Crippen LogP contribution < -0.4 is 0 Å². The van der Waals surface area contributed by atoms with Gasteiger partial charge in [0.1, 0.15) is 0 Å². The normalized spacial score (nSPS) is 0. The van der Waals surface area contributed by atoms with Gasteiger partial charge in [-0.05, 0) is 0 Å². The molecule has 0 heterocycles. The van der Waals surface area contributed by atoms with E-state index in [1.165, 1.54) is 0 Å². The molecule has 0 aliphatic carbocycles. The van der Waals surface area contributed by atoms with E-state index in [4.69, 9.17) is 0 Å². The van der Waals surface area contributed by atoms with E-state index in [9.17, 15) is 0 Å². The molecule has 0 fully saturated rings. The van der Waals surface area contributed by atoms with Gasteiger partial charge in [-0.2, -0.15) is 0 Å². The summed E-state index contributed by atoms with van der Waals surface area (Å²) in [6.07, 6.45) is 0. The van der Waals surface area contributed by atoms with Crippen molar-refractivity contribution in [3.8, 4) is 0 Å². The molecule has 0 aliphatic heterocycles. The van der Waals surface area contributed by atoms with Crippen LogP contribution in [0.2, 0.25) is 0 Å². The van der Waals surface area contributed by atoms with Crippen molar-refractivity contribution in [3.05, 3.63) is 0 Å². The summed E-state index contributed by atoms with van der Waals surface area (Å²) < 4.78 is 0. The van der Waals surface area contributed by atoms with Crippen LogP contribution in [0.25, 0.3) is 0 Å². The molecule has 0 amide bonds. The fourth-order valence-electron chi connectivity index (χ4n) is 0.